The van der Waals surface area contributed by atoms with Gasteiger partial charge in [0.15, 0.2) is 0 Å². The van der Waals surface area contributed by atoms with E-state index >= 15 is 0 Å². The van der Waals surface area contributed by atoms with Gasteiger partial charge in [0.1, 0.15) is 0 Å². The molecule has 114 valence electrons. The Morgan fingerprint density at radius 3 is 2.91 bits per heavy atom. The third-order valence-corrected chi connectivity index (χ3v) is 4.50. The summed E-state index contributed by atoms with van der Waals surface area (Å²) in [7, 11) is 0. The number of amides is 3. The Labute approximate surface area is 132 Å². The van der Waals surface area contributed by atoms with E-state index in [1.807, 2.05) is 35.7 Å². The van der Waals surface area contributed by atoms with Crippen molar-refractivity contribution in [1.82, 2.24) is 5.32 Å². The van der Waals surface area contributed by atoms with Crippen LogP contribution in [0.5, 0.6) is 0 Å². The zero-order valence-corrected chi connectivity index (χ0v) is 13.1. The largest absolute Gasteiger partial charge is 0.333 e. The van der Waals surface area contributed by atoms with Crippen molar-refractivity contribution in [2.75, 3.05) is 16.8 Å². The number of hydrogen-bond donors (Lipinski definition) is 2. The molecule has 0 radical (unpaired) electrons. The predicted octanol–water partition coefficient (Wildman–Crippen LogP) is 2.98. The summed E-state index contributed by atoms with van der Waals surface area (Å²) in [6.45, 7) is 2.77. The molecule has 22 heavy (non-hydrogen) atoms. The van der Waals surface area contributed by atoms with Crippen molar-refractivity contribution >= 4 is 34.6 Å². The highest BCUT2D eigenvalue weighted by Crippen LogP contribution is 2.30. The number of fused-ring (bicyclic) bond motifs is 1. The SMILES string of the molecule is CC(=O)N1CCc2ccc(NC(=O)NCc3cccs3)cc21. The van der Waals surface area contributed by atoms with E-state index in [0.717, 1.165) is 22.5 Å². The van der Waals surface area contributed by atoms with E-state index in [1.165, 1.54) is 0 Å². The van der Waals surface area contributed by atoms with E-state index in [-0.39, 0.29) is 11.9 Å². The molecule has 0 fully saturated rings. The fraction of sp³-hybridized carbons (Fsp3) is 0.250. The number of hydrogen-bond acceptors (Lipinski definition) is 3. The summed E-state index contributed by atoms with van der Waals surface area (Å²) >= 11 is 1.60. The lowest BCUT2D eigenvalue weighted by atomic mass is 10.1. The second-order valence-electron chi connectivity index (χ2n) is 5.15. The Kier molecular flexibility index (Phi) is 4.11. The minimum atomic E-state index is -0.249. The molecule has 1 aliphatic heterocycles. The monoisotopic (exact) mass is 315 g/mol. The molecule has 6 heteroatoms. The first-order valence-corrected chi connectivity index (χ1v) is 8.00. The molecule has 2 heterocycles. The number of carbonyl (C=O) groups is 2. The van der Waals surface area contributed by atoms with Gasteiger partial charge in [-0.3, -0.25) is 4.79 Å². The van der Waals surface area contributed by atoms with Gasteiger partial charge in [0.2, 0.25) is 5.91 Å². The van der Waals surface area contributed by atoms with E-state index in [2.05, 4.69) is 10.6 Å². The van der Waals surface area contributed by atoms with Gasteiger partial charge < -0.3 is 15.5 Å². The summed E-state index contributed by atoms with van der Waals surface area (Å²) in [5, 5.41) is 7.60. The van der Waals surface area contributed by atoms with Crippen LogP contribution in [0.3, 0.4) is 0 Å². The van der Waals surface area contributed by atoms with Crippen molar-refractivity contribution in [1.29, 1.82) is 0 Å². The lowest BCUT2D eigenvalue weighted by Gasteiger charge is -2.16. The second kappa shape index (κ2) is 6.19. The van der Waals surface area contributed by atoms with Crippen LogP contribution in [0.1, 0.15) is 17.4 Å². The maximum Gasteiger partial charge on any atom is 0.319 e. The molecular formula is C16H17N3O2S. The summed E-state index contributed by atoms with van der Waals surface area (Å²) in [5.41, 5.74) is 2.72. The molecule has 1 aromatic carbocycles. The maximum atomic E-state index is 11.9. The number of rotatable bonds is 3. The normalized spacial score (nSPS) is 12.9. The second-order valence-corrected chi connectivity index (χ2v) is 6.18. The fourth-order valence-corrected chi connectivity index (χ4v) is 3.18. The minimum absolute atomic E-state index is 0.0260. The molecule has 0 spiro atoms. The summed E-state index contributed by atoms with van der Waals surface area (Å²) in [6.07, 6.45) is 0.861. The van der Waals surface area contributed by atoms with Gasteiger partial charge in [-0.05, 0) is 35.6 Å². The van der Waals surface area contributed by atoms with Gasteiger partial charge in [0, 0.05) is 29.7 Å². The van der Waals surface area contributed by atoms with E-state index in [9.17, 15) is 9.59 Å². The third-order valence-electron chi connectivity index (χ3n) is 3.62. The number of thiophene rings is 1. The smallest absolute Gasteiger partial charge is 0.319 e. The first-order valence-electron chi connectivity index (χ1n) is 7.12. The van der Waals surface area contributed by atoms with Crippen LogP contribution in [0, 0.1) is 0 Å². The van der Waals surface area contributed by atoms with Crippen molar-refractivity contribution < 1.29 is 9.59 Å². The van der Waals surface area contributed by atoms with E-state index in [4.69, 9.17) is 0 Å². The average molecular weight is 315 g/mol. The van der Waals surface area contributed by atoms with Crippen LogP contribution >= 0.6 is 11.3 Å². The van der Waals surface area contributed by atoms with Gasteiger partial charge in [0.05, 0.1) is 6.54 Å². The first kappa shape index (κ1) is 14.6. The molecule has 0 atom stereocenters. The Bertz CT molecular complexity index is 697. The van der Waals surface area contributed by atoms with Crippen molar-refractivity contribution in [3.05, 3.63) is 46.2 Å². The van der Waals surface area contributed by atoms with Crippen molar-refractivity contribution in [2.24, 2.45) is 0 Å². The highest BCUT2D eigenvalue weighted by Gasteiger charge is 2.22. The van der Waals surface area contributed by atoms with Gasteiger partial charge in [-0.25, -0.2) is 4.79 Å². The van der Waals surface area contributed by atoms with E-state index in [1.54, 1.807) is 23.2 Å². The molecule has 5 nitrogen and oxygen atoms in total. The number of nitrogens with zero attached hydrogens (tertiary/aromatic N) is 1. The summed E-state index contributed by atoms with van der Waals surface area (Å²) in [6, 6.07) is 9.37. The highest BCUT2D eigenvalue weighted by molar-refractivity contribution is 7.09. The molecule has 3 rings (SSSR count). The van der Waals surface area contributed by atoms with Crippen LogP contribution in [-0.4, -0.2) is 18.5 Å². The van der Waals surface area contributed by atoms with Gasteiger partial charge in [-0.2, -0.15) is 0 Å². The van der Waals surface area contributed by atoms with Gasteiger partial charge in [-0.15, -0.1) is 11.3 Å². The van der Waals surface area contributed by atoms with Gasteiger partial charge >= 0.3 is 6.03 Å². The topological polar surface area (TPSA) is 61.4 Å². The van der Waals surface area contributed by atoms with Crippen molar-refractivity contribution in [2.45, 2.75) is 19.9 Å². The quantitative estimate of drug-likeness (QED) is 0.914. The molecule has 2 N–H and O–H groups in total. The zero-order chi connectivity index (χ0) is 15.5. The Morgan fingerprint density at radius 2 is 2.18 bits per heavy atom. The molecule has 0 saturated carbocycles. The molecule has 0 bridgehead atoms. The number of benzene rings is 1. The van der Waals surface area contributed by atoms with Gasteiger partial charge in [-0.1, -0.05) is 12.1 Å². The summed E-state index contributed by atoms with van der Waals surface area (Å²) in [4.78, 5) is 26.4. The van der Waals surface area contributed by atoms with Crippen molar-refractivity contribution in [3.63, 3.8) is 0 Å². The lowest BCUT2D eigenvalue weighted by molar-refractivity contribution is -0.116. The van der Waals surface area contributed by atoms with E-state index in [0.29, 0.717) is 18.8 Å². The molecule has 3 amide bonds. The number of anilines is 2. The molecule has 1 aliphatic rings. The van der Waals surface area contributed by atoms with Crippen LogP contribution in [-0.2, 0) is 17.8 Å². The maximum absolute atomic E-state index is 11.9. The number of urea groups is 1. The van der Waals surface area contributed by atoms with Crippen LogP contribution in [0.2, 0.25) is 0 Å². The first-order chi connectivity index (χ1) is 10.6. The molecule has 0 unspecified atom stereocenters. The zero-order valence-electron chi connectivity index (χ0n) is 12.3. The molecule has 0 aliphatic carbocycles. The van der Waals surface area contributed by atoms with Crippen LogP contribution in [0.25, 0.3) is 0 Å². The third kappa shape index (κ3) is 3.12. The number of carbonyl (C=O) groups excluding carboxylic acids is 2. The van der Waals surface area contributed by atoms with Crippen molar-refractivity contribution in [3.8, 4) is 0 Å². The highest BCUT2D eigenvalue weighted by atomic mass is 32.1. The average Bonchev–Trinajstić information content (AvgIpc) is 3.14. The molecule has 1 aromatic heterocycles. The van der Waals surface area contributed by atoms with Gasteiger partial charge in [0.25, 0.3) is 0 Å². The molecule has 0 saturated heterocycles. The lowest BCUT2D eigenvalue weighted by Crippen LogP contribution is -2.28. The summed E-state index contributed by atoms with van der Waals surface area (Å²) < 4.78 is 0. The Balaban J connectivity index is 1.64. The Morgan fingerprint density at radius 1 is 1.32 bits per heavy atom. The van der Waals surface area contributed by atoms with Crippen LogP contribution < -0.4 is 15.5 Å². The number of nitrogens with one attached hydrogen (secondary N) is 2. The van der Waals surface area contributed by atoms with Crippen LogP contribution in [0.4, 0.5) is 16.2 Å². The predicted molar refractivity (Wildman–Crippen MR) is 88.4 cm³/mol. The fourth-order valence-electron chi connectivity index (χ4n) is 2.54. The standard InChI is InChI=1S/C16H17N3O2S/c1-11(20)19-7-6-12-4-5-13(9-15(12)19)18-16(21)17-10-14-3-2-8-22-14/h2-5,8-9H,6-7,10H2,1H3,(H2,17,18,21). The molecular weight excluding hydrogens is 298 g/mol. The summed E-state index contributed by atoms with van der Waals surface area (Å²) in [5.74, 6) is 0.0260. The molecule has 2 aromatic rings. The van der Waals surface area contributed by atoms with E-state index < -0.39 is 0 Å². The minimum Gasteiger partial charge on any atom is -0.333 e. The van der Waals surface area contributed by atoms with Crippen LogP contribution in [0.15, 0.2) is 35.7 Å². The Hall–Kier alpha value is -2.34.